The average molecular weight is 309 g/mol. The first kappa shape index (κ1) is 15.0. The van der Waals surface area contributed by atoms with Gasteiger partial charge < -0.3 is 4.90 Å². The molecule has 0 fully saturated rings. The lowest BCUT2D eigenvalue weighted by atomic mass is 10.2. The maximum Gasteiger partial charge on any atom is 0.272 e. The van der Waals surface area contributed by atoms with Gasteiger partial charge in [0.15, 0.2) is 0 Å². The largest absolute Gasteiger partial charge is 0.336 e. The molecule has 2 aromatic carbocycles. The fraction of sp³-hybridized carbons (Fsp3) is 0.111. The molecule has 5 heteroatoms. The Kier molecular flexibility index (Phi) is 4.19. The fourth-order valence-electron chi connectivity index (χ4n) is 2.42. The fourth-order valence-corrected chi connectivity index (χ4v) is 2.42. The van der Waals surface area contributed by atoms with E-state index in [1.165, 1.54) is 18.3 Å². The Morgan fingerprint density at radius 1 is 1.17 bits per heavy atom. The molecule has 1 aromatic heterocycles. The summed E-state index contributed by atoms with van der Waals surface area (Å²) in [6.07, 6.45) is 3.15. The maximum atomic E-state index is 13.3. The van der Waals surface area contributed by atoms with Crippen LogP contribution in [0.15, 0.2) is 67.1 Å². The van der Waals surface area contributed by atoms with Gasteiger partial charge in [0.2, 0.25) is 0 Å². The summed E-state index contributed by atoms with van der Waals surface area (Å²) in [5, 5.41) is 0. The molecule has 0 radical (unpaired) electrons. The van der Waals surface area contributed by atoms with Crippen molar-refractivity contribution in [2.45, 2.75) is 6.54 Å². The number of nitrogens with zero attached hydrogens (tertiary/aromatic N) is 3. The Bertz CT molecular complexity index is 814. The first-order valence-electron chi connectivity index (χ1n) is 7.23. The van der Waals surface area contributed by atoms with E-state index < -0.39 is 0 Å². The van der Waals surface area contributed by atoms with E-state index in [1.807, 2.05) is 30.3 Å². The highest BCUT2D eigenvalue weighted by Crippen LogP contribution is 2.14. The Balaban J connectivity index is 1.82. The summed E-state index contributed by atoms with van der Waals surface area (Å²) in [6, 6.07) is 15.8. The molecule has 1 amide bonds. The van der Waals surface area contributed by atoms with Gasteiger partial charge in [-0.05, 0) is 29.8 Å². The Labute approximate surface area is 133 Å². The van der Waals surface area contributed by atoms with Gasteiger partial charge >= 0.3 is 0 Å². The lowest BCUT2D eigenvalue weighted by molar-refractivity contribution is 0.0777. The van der Waals surface area contributed by atoms with E-state index in [9.17, 15) is 9.18 Å². The molecule has 0 atom stereocenters. The van der Waals surface area contributed by atoms with Crippen molar-refractivity contribution in [1.82, 2.24) is 14.5 Å². The van der Waals surface area contributed by atoms with E-state index in [0.29, 0.717) is 12.2 Å². The number of imidazole rings is 1. The summed E-state index contributed by atoms with van der Waals surface area (Å²) in [4.78, 5) is 18.3. The van der Waals surface area contributed by atoms with Gasteiger partial charge in [-0.3, -0.25) is 9.36 Å². The first-order chi connectivity index (χ1) is 11.1. The third-order valence-corrected chi connectivity index (χ3v) is 3.55. The van der Waals surface area contributed by atoms with Crippen LogP contribution in [-0.4, -0.2) is 27.4 Å². The third kappa shape index (κ3) is 3.29. The highest BCUT2D eigenvalue weighted by atomic mass is 19.1. The molecule has 0 N–H and O–H groups in total. The standard InChI is InChI=1S/C18H16FN3O/c1-21(12-14-6-5-7-15(19)10-14)18(23)17-11-20-13-22(17)16-8-3-2-4-9-16/h2-11,13H,12H2,1H3. The molecule has 1 heterocycles. The molecule has 0 aliphatic heterocycles. The van der Waals surface area contributed by atoms with Gasteiger partial charge in [-0.25, -0.2) is 9.37 Å². The number of amides is 1. The van der Waals surface area contributed by atoms with Gasteiger partial charge in [-0.1, -0.05) is 30.3 Å². The molecule has 116 valence electrons. The molecule has 4 nitrogen and oxygen atoms in total. The Morgan fingerprint density at radius 2 is 1.96 bits per heavy atom. The van der Waals surface area contributed by atoms with Crippen molar-refractivity contribution in [3.05, 3.63) is 84.2 Å². The van der Waals surface area contributed by atoms with E-state index in [4.69, 9.17) is 0 Å². The molecule has 0 saturated carbocycles. The average Bonchev–Trinajstić information content (AvgIpc) is 3.04. The summed E-state index contributed by atoms with van der Waals surface area (Å²) in [5.74, 6) is -0.478. The second-order valence-electron chi connectivity index (χ2n) is 5.28. The van der Waals surface area contributed by atoms with Crippen molar-refractivity contribution in [2.24, 2.45) is 0 Å². The first-order valence-corrected chi connectivity index (χ1v) is 7.23. The number of halogens is 1. The maximum absolute atomic E-state index is 13.3. The monoisotopic (exact) mass is 309 g/mol. The number of hydrogen-bond donors (Lipinski definition) is 0. The number of carbonyl (C=O) groups excluding carboxylic acids is 1. The van der Waals surface area contributed by atoms with Crippen molar-refractivity contribution in [3.8, 4) is 5.69 Å². The molecule has 0 bridgehead atoms. The molecular weight excluding hydrogens is 293 g/mol. The number of aromatic nitrogens is 2. The predicted molar refractivity (Wildman–Crippen MR) is 85.8 cm³/mol. The summed E-state index contributed by atoms with van der Waals surface area (Å²) >= 11 is 0. The van der Waals surface area contributed by atoms with Crippen LogP contribution in [0, 0.1) is 5.82 Å². The second kappa shape index (κ2) is 6.44. The molecule has 0 aliphatic rings. The van der Waals surface area contributed by atoms with Gasteiger partial charge in [-0.15, -0.1) is 0 Å². The van der Waals surface area contributed by atoms with E-state index in [1.54, 1.807) is 35.0 Å². The van der Waals surface area contributed by atoms with Crippen LogP contribution in [0.25, 0.3) is 5.69 Å². The van der Waals surface area contributed by atoms with Crippen LogP contribution in [0.1, 0.15) is 16.1 Å². The Hall–Kier alpha value is -2.95. The van der Waals surface area contributed by atoms with Gasteiger partial charge in [0.1, 0.15) is 11.5 Å². The van der Waals surface area contributed by atoms with Crippen LogP contribution in [0.5, 0.6) is 0 Å². The van der Waals surface area contributed by atoms with Gasteiger partial charge in [-0.2, -0.15) is 0 Å². The lowest BCUT2D eigenvalue weighted by Crippen LogP contribution is -2.28. The van der Waals surface area contributed by atoms with Crippen LogP contribution >= 0.6 is 0 Å². The summed E-state index contributed by atoms with van der Waals surface area (Å²) < 4.78 is 15.0. The minimum atomic E-state index is -0.308. The molecule has 0 spiro atoms. The Morgan fingerprint density at radius 3 is 2.70 bits per heavy atom. The highest BCUT2D eigenvalue weighted by Gasteiger charge is 2.17. The van der Waals surface area contributed by atoms with Crippen LogP contribution < -0.4 is 0 Å². The van der Waals surface area contributed by atoms with Crippen LogP contribution in [-0.2, 0) is 6.54 Å². The zero-order valence-electron chi connectivity index (χ0n) is 12.7. The zero-order valence-corrected chi connectivity index (χ0v) is 12.7. The number of carbonyl (C=O) groups is 1. The van der Waals surface area contributed by atoms with Crippen molar-refractivity contribution in [1.29, 1.82) is 0 Å². The second-order valence-corrected chi connectivity index (χ2v) is 5.28. The highest BCUT2D eigenvalue weighted by molar-refractivity contribution is 5.92. The predicted octanol–water partition coefficient (Wildman–Crippen LogP) is 3.28. The molecule has 3 rings (SSSR count). The van der Waals surface area contributed by atoms with E-state index >= 15 is 0 Å². The van der Waals surface area contributed by atoms with Gasteiger partial charge in [0.05, 0.1) is 12.5 Å². The van der Waals surface area contributed by atoms with E-state index in [-0.39, 0.29) is 11.7 Å². The molecular formula is C18H16FN3O. The van der Waals surface area contributed by atoms with Gasteiger partial charge in [0.25, 0.3) is 5.91 Å². The van der Waals surface area contributed by atoms with E-state index in [0.717, 1.165) is 11.3 Å². The zero-order chi connectivity index (χ0) is 16.2. The molecule has 0 saturated heterocycles. The third-order valence-electron chi connectivity index (χ3n) is 3.55. The SMILES string of the molecule is CN(Cc1cccc(F)c1)C(=O)c1cncn1-c1ccccc1. The van der Waals surface area contributed by atoms with E-state index in [2.05, 4.69) is 4.98 Å². The summed E-state index contributed by atoms with van der Waals surface area (Å²) in [5.41, 5.74) is 2.08. The molecule has 23 heavy (non-hydrogen) atoms. The minimum Gasteiger partial charge on any atom is -0.336 e. The summed E-state index contributed by atoms with van der Waals surface area (Å²) in [7, 11) is 1.69. The molecule has 0 unspecified atom stereocenters. The minimum absolute atomic E-state index is 0.171. The topological polar surface area (TPSA) is 38.1 Å². The van der Waals surface area contributed by atoms with Crippen molar-refractivity contribution in [3.63, 3.8) is 0 Å². The number of para-hydroxylation sites is 1. The quantitative estimate of drug-likeness (QED) is 0.742. The van der Waals surface area contributed by atoms with Crippen LogP contribution in [0.2, 0.25) is 0 Å². The lowest BCUT2D eigenvalue weighted by Gasteiger charge is -2.18. The van der Waals surface area contributed by atoms with Gasteiger partial charge in [0, 0.05) is 19.3 Å². The molecule has 0 aliphatic carbocycles. The smallest absolute Gasteiger partial charge is 0.272 e. The van der Waals surface area contributed by atoms with Crippen LogP contribution in [0.3, 0.4) is 0 Å². The van der Waals surface area contributed by atoms with Crippen LogP contribution in [0.4, 0.5) is 4.39 Å². The number of benzene rings is 2. The normalized spacial score (nSPS) is 10.5. The van der Waals surface area contributed by atoms with Crippen molar-refractivity contribution in [2.75, 3.05) is 7.05 Å². The summed E-state index contributed by atoms with van der Waals surface area (Å²) in [6.45, 7) is 0.330. The molecule has 3 aromatic rings. The van der Waals surface area contributed by atoms with Crippen molar-refractivity contribution < 1.29 is 9.18 Å². The number of hydrogen-bond acceptors (Lipinski definition) is 2. The van der Waals surface area contributed by atoms with Crippen molar-refractivity contribution >= 4 is 5.91 Å². The number of rotatable bonds is 4.